The second kappa shape index (κ2) is 5.19. The molecule has 2 rings (SSSR count). The highest BCUT2D eigenvalue weighted by Gasteiger charge is 2.49. The van der Waals surface area contributed by atoms with Crippen molar-refractivity contribution in [1.82, 2.24) is 0 Å². The number of carboxylic acids is 1. The third-order valence-electron chi connectivity index (χ3n) is 4.69. The van der Waals surface area contributed by atoms with Crippen LogP contribution in [0.3, 0.4) is 0 Å². The normalized spacial score (nSPS) is 31.4. The molecule has 0 aromatic carbocycles. The fourth-order valence-corrected chi connectivity index (χ4v) is 5.47. The number of rotatable bonds is 2. The van der Waals surface area contributed by atoms with Crippen LogP contribution in [0.4, 0.5) is 0 Å². The van der Waals surface area contributed by atoms with Gasteiger partial charge in [0.05, 0.1) is 16.9 Å². The molecule has 4 nitrogen and oxygen atoms in total. The molecule has 1 unspecified atom stereocenters. The van der Waals surface area contributed by atoms with E-state index in [0.29, 0.717) is 19.3 Å². The molecule has 18 heavy (non-hydrogen) atoms. The first-order chi connectivity index (χ1) is 8.46. The highest BCUT2D eigenvalue weighted by atomic mass is 32.2. The van der Waals surface area contributed by atoms with Crippen molar-refractivity contribution in [2.24, 2.45) is 11.3 Å². The minimum Gasteiger partial charge on any atom is -0.481 e. The number of carboxylic acid groups (broad SMARTS) is 1. The van der Waals surface area contributed by atoms with Crippen LogP contribution in [0.15, 0.2) is 0 Å². The fraction of sp³-hybridized carbons (Fsp3) is 0.923. The third kappa shape index (κ3) is 2.71. The SMILES string of the molecule is O=C(O)C1(C2CCS(=O)(=O)C2)CCCCCCC1. The van der Waals surface area contributed by atoms with Crippen LogP contribution in [-0.4, -0.2) is 31.0 Å². The second-order valence-corrected chi connectivity index (χ2v) is 8.06. The first-order valence-corrected chi connectivity index (χ1v) is 8.72. The first-order valence-electron chi connectivity index (χ1n) is 6.90. The van der Waals surface area contributed by atoms with Crippen LogP contribution in [0.25, 0.3) is 0 Å². The summed E-state index contributed by atoms with van der Waals surface area (Å²) in [6.07, 6.45) is 7.02. The predicted molar refractivity (Wildman–Crippen MR) is 69.1 cm³/mol. The monoisotopic (exact) mass is 274 g/mol. The Bertz CT molecular complexity index is 405. The molecule has 5 heteroatoms. The number of hydrogen-bond acceptors (Lipinski definition) is 3. The summed E-state index contributed by atoms with van der Waals surface area (Å²) in [5.41, 5.74) is -0.774. The number of sulfone groups is 1. The molecule has 0 radical (unpaired) electrons. The van der Waals surface area contributed by atoms with Gasteiger partial charge in [-0.05, 0) is 25.2 Å². The lowest BCUT2D eigenvalue weighted by atomic mass is 9.67. The van der Waals surface area contributed by atoms with Crippen molar-refractivity contribution >= 4 is 15.8 Å². The lowest BCUT2D eigenvalue weighted by Crippen LogP contribution is -2.40. The van der Waals surface area contributed by atoms with Crippen molar-refractivity contribution in [3.8, 4) is 0 Å². The van der Waals surface area contributed by atoms with Gasteiger partial charge in [-0.15, -0.1) is 0 Å². The van der Waals surface area contributed by atoms with E-state index in [0.717, 1.165) is 25.7 Å². The van der Waals surface area contributed by atoms with Crippen LogP contribution in [-0.2, 0) is 14.6 Å². The van der Waals surface area contributed by atoms with E-state index < -0.39 is 21.2 Å². The van der Waals surface area contributed by atoms with Crippen LogP contribution in [0, 0.1) is 11.3 Å². The Labute approximate surface area is 109 Å². The zero-order valence-electron chi connectivity index (χ0n) is 10.7. The minimum atomic E-state index is -3.00. The van der Waals surface area contributed by atoms with Gasteiger partial charge < -0.3 is 5.11 Å². The van der Waals surface area contributed by atoms with E-state index in [4.69, 9.17) is 0 Å². The first kappa shape index (κ1) is 13.8. The molecule has 1 aliphatic carbocycles. The van der Waals surface area contributed by atoms with E-state index in [1.807, 2.05) is 0 Å². The van der Waals surface area contributed by atoms with Crippen LogP contribution < -0.4 is 0 Å². The summed E-state index contributed by atoms with van der Waals surface area (Å²) < 4.78 is 23.2. The Balaban J connectivity index is 2.22. The summed E-state index contributed by atoms with van der Waals surface area (Å²) in [5.74, 6) is -0.684. The zero-order chi connectivity index (χ0) is 13.2. The summed E-state index contributed by atoms with van der Waals surface area (Å²) in [5, 5.41) is 9.64. The number of aliphatic carboxylic acids is 1. The van der Waals surface area contributed by atoms with Gasteiger partial charge in [-0.25, -0.2) is 8.42 Å². The maximum absolute atomic E-state index is 11.7. The lowest BCUT2D eigenvalue weighted by molar-refractivity contribution is -0.154. The van der Waals surface area contributed by atoms with Crippen molar-refractivity contribution in [3.63, 3.8) is 0 Å². The summed E-state index contributed by atoms with van der Waals surface area (Å²) >= 11 is 0. The lowest BCUT2D eigenvalue weighted by Gasteiger charge is -2.36. The van der Waals surface area contributed by atoms with Gasteiger partial charge in [0.25, 0.3) is 0 Å². The number of carbonyl (C=O) groups is 1. The molecule has 2 aliphatic rings. The van der Waals surface area contributed by atoms with E-state index in [9.17, 15) is 18.3 Å². The summed E-state index contributed by atoms with van der Waals surface area (Å²) in [7, 11) is -3.00. The molecule has 0 aromatic rings. The van der Waals surface area contributed by atoms with Gasteiger partial charge in [0.15, 0.2) is 9.84 Å². The topological polar surface area (TPSA) is 71.4 Å². The Morgan fingerprint density at radius 1 is 1.06 bits per heavy atom. The molecule has 2 fully saturated rings. The molecule has 0 aromatic heterocycles. The Morgan fingerprint density at radius 2 is 1.61 bits per heavy atom. The number of hydrogen-bond donors (Lipinski definition) is 1. The van der Waals surface area contributed by atoms with Crippen LogP contribution in [0.5, 0.6) is 0 Å². The molecular weight excluding hydrogens is 252 g/mol. The van der Waals surface area contributed by atoms with Crippen LogP contribution in [0.2, 0.25) is 0 Å². The zero-order valence-corrected chi connectivity index (χ0v) is 11.5. The van der Waals surface area contributed by atoms with Gasteiger partial charge in [0, 0.05) is 0 Å². The molecule has 1 saturated heterocycles. The largest absolute Gasteiger partial charge is 0.481 e. The molecule has 1 heterocycles. The summed E-state index contributed by atoms with van der Waals surface area (Å²) in [6, 6.07) is 0. The molecule has 0 spiro atoms. The van der Waals surface area contributed by atoms with E-state index in [1.165, 1.54) is 6.42 Å². The molecule has 1 N–H and O–H groups in total. The van der Waals surface area contributed by atoms with Gasteiger partial charge in [0.2, 0.25) is 0 Å². The van der Waals surface area contributed by atoms with Gasteiger partial charge in [-0.1, -0.05) is 32.1 Å². The van der Waals surface area contributed by atoms with Crippen molar-refractivity contribution < 1.29 is 18.3 Å². The van der Waals surface area contributed by atoms with Crippen molar-refractivity contribution in [2.75, 3.05) is 11.5 Å². The van der Waals surface area contributed by atoms with Crippen LogP contribution in [0.1, 0.15) is 51.4 Å². The Hall–Kier alpha value is -0.580. The summed E-state index contributed by atoms with van der Waals surface area (Å²) in [4.78, 5) is 11.7. The predicted octanol–water partition coefficient (Wildman–Crippen LogP) is 2.24. The van der Waals surface area contributed by atoms with Crippen molar-refractivity contribution in [1.29, 1.82) is 0 Å². The second-order valence-electron chi connectivity index (χ2n) is 5.83. The van der Waals surface area contributed by atoms with E-state index in [2.05, 4.69) is 0 Å². The molecule has 1 saturated carbocycles. The highest BCUT2D eigenvalue weighted by molar-refractivity contribution is 7.91. The maximum atomic E-state index is 11.7. The van der Waals surface area contributed by atoms with E-state index in [1.54, 1.807) is 0 Å². The molecule has 1 atom stereocenters. The smallest absolute Gasteiger partial charge is 0.309 e. The van der Waals surface area contributed by atoms with Gasteiger partial charge in [0.1, 0.15) is 0 Å². The quantitative estimate of drug-likeness (QED) is 0.838. The average molecular weight is 274 g/mol. The van der Waals surface area contributed by atoms with Crippen molar-refractivity contribution in [3.05, 3.63) is 0 Å². The molecule has 0 bridgehead atoms. The Kier molecular flexibility index (Phi) is 3.99. The molecule has 1 aliphatic heterocycles. The third-order valence-corrected chi connectivity index (χ3v) is 6.45. The standard InChI is InChI=1S/C13H22O4S/c14-12(15)13(7-4-2-1-3-5-8-13)11-6-9-18(16,17)10-11/h11H,1-10H2,(H,14,15). The van der Waals surface area contributed by atoms with Gasteiger partial charge in [-0.3, -0.25) is 4.79 Å². The molecule has 104 valence electrons. The summed E-state index contributed by atoms with van der Waals surface area (Å²) in [6.45, 7) is 0. The molecule has 0 amide bonds. The van der Waals surface area contributed by atoms with Gasteiger partial charge >= 0.3 is 5.97 Å². The fourth-order valence-electron chi connectivity index (χ4n) is 3.56. The van der Waals surface area contributed by atoms with Crippen molar-refractivity contribution in [2.45, 2.75) is 51.4 Å². The maximum Gasteiger partial charge on any atom is 0.309 e. The van der Waals surface area contributed by atoms with E-state index >= 15 is 0 Å². The van der Waals surface area contributed by atoms with Gasteiger partial charge in [-0.2, -0.15) is 0 Å². The van der Waals surface area contributed by atoms with Crippen LogP contribution >= 0.6 is 0 Å². The molecular formula is C13H22O4S. The Morgan fingerprint density at radius 3 is 2.06 bits per heavy atom. The van der Waals surface area contributed by atoms with E-state index in [-0.39, 0.29) is 17.4 Å². The highest BCUT2D eigenvalue weighted by Crippen LogP contribution is 2.45. The minimum absolute atomic E-state index is 0.0826. The average Bonchev–Trinajstić information content (AvgIpc) is 2.58.